The van der Waals surface area contributed by atoms with E-state index < -0.39 is 48.4 Å². The zero-order valence-corrected chi connectivity index (χ0v) is 21.4. The molecule has 12 heteroatoms. The molecule has 1 aliphatic rings. The summed E-state index contributed by atoms with van der Waals surface area (Å²) in [6.45, 7) is 8.94. The highest BCUT2D eigenvalue weighted by atomic mass is 35.5. The van der Waals surface area contributed by atoms with Crippen molar-refractivity contribution in [1.82, 2.24) is 16.0 Å². The molecule has 0 radical (unpaired) electrons. The molecule has 2 rings (SSSR count). The highest BCUT2D eigenvalue weighted by Crippen LogP contribution is 2.21. The molecule has 0 saturated carbocycles. The van der Waals surface area contributed by atoms with Crippen molar-refractivity contribution in [3.8, 4) is 0 Å². The molecule has 3 N–H and O–H groups in total. The lowest BCUT2D eigenvalue weighted by molar-refractivity contribution is -0.149. The van der Waals surface area contributed by atoms with Gasteiger partial charge in [-0.3, -0.25) is 19.2 Å². The maximum atomic E-state index is 12.6. The summed E-state index contributed by atoms with van der Waals surface area (Å²) in [4.78, 5) is 49.7. The van der Waals surface area contributed by atoms with Crippen LogP contribution in [0.4, 0.5) is 0 Å². The summed E-state index contributed by atoms with van der Waals surface area (Å²) < 4.78 is 11.1. The Morgan fingerprint density at radius 2 is 1.88 bits per heavy atom. The van der Waals surface area contributed by atoms with Gasteiger partial charge >= 0.3 is 7.12 Å². The van der Waals surface area contributed by atoms with Crippen LogP contribution in [0.15, 0.2) is 18.2 Å². The lowest BCUT2D eigenvalue weighted by atomic mass is 9.72. The summed E-state index contributed by atoms with van der Waals surface area (Å²) in [6.07, 6.45) is -0.857. The van der Waals surface area contributed by atoms with Gasteiger partial charge in [0.2, 0.25) is 11.8 Å². The molecule has 1 saturated heterocycles. The fourth-order valence-electron chi connectivity index (χ4n) is 3.28. The average molecular weight is 514 g/mol. The van der Waals surface area contributed by atoms with Gasteiger partial charge in [0.25, 0.3) is 11.9 Å². The van der Waals surface area contributed by atoms with Crippen molar-refractivity contribution in [2.75, 3.05) is 6.54 Å². The third-order valence-corrected chi connectivity index (χ3v) is 5.24. The van der Waals surface area contributed by atoms with Gasteiger partial charge in [-0.25, -0.2) is 0 Å². The van der Waals surface area contributed by atoms with E-state index in [2.05, 4.69) is 16.0 Å². The van der Waals surface area contributed by atoms with Gasteiger partial charge in [-0.1, -0.05) is 37.0 Å². The summed E-state index contributed by atoms with van der Waals surface area (Å²) in [5, 5.41) is 8.52. The molecule has 1 aromatic rings. The topological polar surface area (TPSA) is 123 Å². The molecule has 0 aliphatic carbocycles. The molecule has 0 spiro atoms. The third kappa shape index (κ3) is 8.81. The Morgan fingerprint density at radius 1 is 1.21 bits per heavy atom. The fraction of sp³-hybridized carbons (Fsp3) is 0.545. The zero-order valence-electron chi connectivity index (χ0n) is 19.9. The number of benzene rings is 1. The van der Waals surface area contributed by atoms with Gasteiger partial charge in [-0.05, 0) is 51.3 Å². The molecule has 0 bridgehead atoms. The van der Waals surface area contributed by atoms with E-state index in [4.69, 9.17) is 32.5 Å². The Bertz CT molecular complexity index is 938. The molecule has 1 aromatic carbocycles. The number of halogens is 2. The monoisotopic (exact) mass is 513 g/mol. The van der Waals surface area contributed by atoms with E-state index in [0.29, 0.717) is 11.4 Å². The fourth-order valence-corrected chi connectivity index (χ4v) is 3.65. The Kier molecular flexibility index (Phi) is 9.79. The van der Waals surface area contributed by atoms with Gasteiger partial charge in [-0.15, -0.1) is 0 Å². The first kappa shape index (κ1) is 27.9. The Morgan fingerprint density at radius 3 is 2.50 bits per heavy atom. The van der Waals surface area contributed by atoms with Crippen molar-refractivity contribution in [2.45, 2.75) is 65.0 Å². The quantitative estimate of drug-likeness (QED) is 0.459. The van der Waals surface area contributed by atoms with Gasteiger partial charge in [0.15, 0.2) is 0 Å². The van der Waals surface area contributed by atoms with Crippen molar-refractivity contribution < 1.29 is 28.5 Å². The van der Waals surface area contributed by atoms with E-state index in [9.17, 15) is 19.2 Å². The average Bonchev–Trinajstić information content (AvgIpc) is 2.71. The summed E-state index contributed by atoms with van der Waals surface area (Å²) in [6, 6.07) is 4.43. The first-order valence-corrected chi connectivity index (χ1v) is 11.7. The lowest BCUT2D eigenvalue weighted by Gasteiger charge is -2.33. The molecule has 2 atom stereocenters. The maximum absolute atomic E-state index is 12.6. The molecule has 1 fully saturated rings. The highest BCUT2D eigenvalue weighted by molar-refractivity contribution is 6.50. The number of hydrogen-bond donors (Lipinski definition) is 3. The van der Waals surface area contributed by atoms with E-state index >= 15 is 0 Å². The van der Waals surface area contributed by atoms with Crippen molar-refractivity contribution in [3.05, 3.63) is 33.8 Å². The van der Waals surface area contributed by atoms with Gasteiger partial charge in [-0.2, -0.15) is 0 Å². The number of hydrogen-bond acceptors (Lipinski definition) is 6. The first-order chi connectivity index (χ1) is 15.7. The number of amides is 3. The van der Waals surface area contributed by atoms with Crippen LogP contribution in [0.25, 0.3) is 0 Å². The highest BCUT2D eigenvalue weighted by Gasteiger charge is 2.44. The van der Waals surface area contributed by atoms with Gasteiger partial charge in [0, 0.05) is 10.6 Å². The molecule has 0 unspecified atom stereocenters. The molecule has 1 heterocycles. The lowest BCUT2D eigenvalue weighted by Crippen LogP contribution is -2.58. The third-order valence-electron chi connectivity index (χ3n) is 4.67. The van der Waals surface area contributed by atoms with Gasteiger partial charge < -0.3 is 25.3 Å². The Hall–Kier alpha value is -2.30. The van der Waals surface area contributed by atoms with Crippen LogP contribution in [0.1, 0.15) is 57.8 Å². The van der Waals surface area contributed by atoms with Gasteiger partial charge in [0.1, 0.15) is 6.10 Å². The van der Waals surface area contributed by atoms with Crippen LogP contribution < -0.4 is 16.0 Å². The summed E-state index contributed by atoms with van der Waals surface area (Å²) in [5.41, 5.74) is -0.370. The standard InChI is InChI=1S/C22H30BCl2N3O6/c1-12(2)8-17(23-33-16(10-19(30)34-23)21(32)28-22(3,4)5)27-18(29)11-26-20(31)14-9-13(24)6-7-15(14)25/h6-7,9,12,16-17H,8,10-11H2,1-5H3,(H,26,31)(H,27,29)(H,28,32)/t16-,17+/m1/s1. The Balaban J connectivity index is 2.04. The second kappa shape index (κ2) is 11.9. The van der Waals surface area contributed by atoms with E-state index in [1.54, 1.807) is 6.07 Å². The van der Waals surface area contributed by atoms with Crippen LogP contribution in [-0.4, -0.2) is 54.9 Å². The van der Waals surface area contributed by atoms with E-state index in [0.717, 1.165) is 0 Å². The van der Waals surface area contributed by atoms with Crippen LogP contribution >= 0.6 is 23.2 Å². The van der Waals surface area contributed by atoms with Crippen molar-refractivity contribution >= 4 is 54.0 Å². The Labute approximate surface area is 209 Å². The minimum absolute atomic E-state index is 0.108. The molecule has 0 aromatic heterocycles. The van der Waals surface area contributed by atoms with Crippen LogP contribution in [0.2, 0.25) is 10.0 Å². The van der Waals surface area contributed by atoms with Crippen LogP contribution in [0.5, 0.6) is 0 Å². The van der Waals surface area contributed by atoms with Crippen LogP contribution in [0.3, 0.4) is 0 Å². The molecular weight excluding hydrogens is 484 g/mol. The van der Waals surface area contributed by atoms with Gasteiger partial charge in [0.05, 0.1) is 29.5 Å². The molecule has 9 nitrogen and oxygen atoms in total. The van der Waals surface area contributed by atoms with E-state index in [-0.39, 0.29) is 29.5 Å². The predicted octanol–water partition coefficient (Wildman–Crippen LogP) is 2.53. The SMILES string of the molecule is CC(C)C[C@H](NC(=O)CNC(=O)c1cc(Cl)ccc1Cl)B1OC(=O)C[C@H](C(=O)NC(C)(C)C)O1. The second-order valence-corrected chi connectivity index (χ2v) is 10.4. The van der Waals surface area contributed by atoms with Crippen molar-refractivity contribution in [2.24, 2.45) is 5.92 Å². The first-order valence-electron chi connectivity index (χ1n) is 10.9. The number of carbonyl (C=O) groups is 4. The summed E-state index contributed by atoms with van der Waals surface area (Å²) >= 11 is 11.9. The minimum atomic E-state index is -1.15. The van der Waals surface area contributed by atoms with Crippen molar-refractivity contribution in [1.29, 1.82) is 0 Å². The molecule has 3 amide bonds. The minimum Gasteiger partial charge on any atom is -0.508 e. The number of nitrogens with one attached hydrogen (secondary N) is 3. The molecule has 34 heavy (non-hydrogen) atoms. The molecule has 1 aliphatic heterocycles. The number of carbonyl (C=O) groups excluding carboxylic acids is 4. The van der Waals surface area contributed by atoms with E-state index in [1.165, 1.54) is 12.1 Å². The van der Waals surface area contributed by atoms with Crippen LogP contribution in [-0.2, 0) is 23.7 Å². The van der Waals surface area contributed by atoms with Crippen molar-refractivity contribution in [3.63, 3.8) is 0 Å². The van der Waals surface area contributed by atoms with E-state index in [1.807, 2.05) is 34.6 Å². The largest absolute Gasteiger partial charge is 0.551 e. The zero-order chi connectivity index (χ0) is 25.6. The smallest absolute Gasteiger partial charge is 0.508 e. The second-order valence-electron chi connectivity index (χ2n) is 9.54. The number of rotatable bonds is 8. The molecular formula is C22H30BCl2N3O6. The summed E-state index contributed by atoms with van der Waals surface area (Å²) in [7, 11) is -1.15. The normalized spacial score (nSPS) is 17.1. The molecule has 186 valence electrons. The maximum Gasteiger partial charge on any atom is 0.551 e. The predicted molar refractivity (Wildman–Crippen MR) is 129 cm³/mol. The van der Waals surface area contributed by atoms with Crippen LogP contribution in [0, 0.1) is 5.92 Å². The summed E-state index contributed by atoms with van der Waals surface area (Å²) in [5.74, 6) is -2.75.